The lowest BCUT2D eigenvalue weighted by Crippen LogP contribution is -2.39. The quantitative estimate of drug-likeness (QED) is 0.717. The molecule has 1 saturated heterocycles. The number of hydrogen-bond donors (Lipinski definition) is 2. The van der Waals surface area contributed by atoms with Crippen molar-refractivity contribution in [1.82, 2.24) is 0 Å². The van der Waals surface area contributed by atoms with Crippen molar-refractivity contribution in [2.45, 2.75) is 12.8 Å². The zero-order valence-corrected chi connectivity index (χ0v) is 11.2. The van der Waals surface area contributed by atoms with Gasteiger partial charge in [0.1, 0.15) is 0 Å². The number of aliphatic hydroxyl groups excluding tert-OH is 2. The van der Waals surface area contributed by atoms with Crippen LogP contribution >= 0.6 is 11.8 Å². The maximum Gasteiger partial charge on any atom is 0.150 e. The molecule has 0 amide bonds. The summed E-state index contributed by atoms with van der Waals surface area (Å²) in [4.78, 5) is 0. The fraction of sp³-hybridized carbons (Fsp3) is 1.00. The molecule has 6 heteroatoms. The molecule has 1 fully saturated rings. The number of aliphatic hydroxyl groups is 2. The Balaban J connectivity index is 2.77. The Hall–Kier alpha value is 0.220. The van der Waals surface area contributed by atoms with Crippen molar-refractivity contribution < 1.29 is 18.6 Å². The van der Waals surface area contributed by atoms with Crippen LogP contribution in [0.15, 0.2) is 0 Å². The van der Waals surface area contributed by atoms with E-state index >= 15 is 0 Å². The van der Waals surface area contributed by atoms with Gasteiger partial charge < -0.3 is 10.2 Å². The molecule has 1 aliphatic heterocycles. The summed E-state index contributed by atoms with van der Waals surface area (Å²) < 4.78 is 22.8. The zero-order valence-electron chi connectivity index (χ0n) is 9.55. The second kappa shape index (κ2) is 5.71. The van der Waals surface area contributed by atoms with Gasteiger partial charge in [-0.3, -0.25) is 0 Å². The fourth-order valence-corrected chi connectivity index (χ4v) is 4.81. The van der Waals surface area contributed by atoms with Crippen molar-refractivity contribution in [3.8, 4) is 0 Å². The minimum absolute atomic E-state index is 0.0975. The molecule has 4 nitrogen and oxygen atoms in total. The largest absolute Gasteiger partial charge is 0.396 e. The van der Waals surface area contributed by atoms with E-state index in [2.05, 4.69) is 0 Å². The first-order chi connectivity index (χ1) is 7.49. The highest BCUT2D eigenvalue weighted by Crippen LogP contribution is 2.39. The van der Waals surface area contributed by atoms with E-state index < -0.39 is 15.3 Å². The van der Waals surface area contributed by atoms with Crippen LogP contribution in [0.1, 0.15) is 12.8 Å². The molecule has 1 heterocycles. The second-order valence-electron chi connectivity index (χ2n) is 4.52. The van der Waals surface area contributed by atoms with Gasteiger partial charge in [-0.2, -0.15) is 11.8 Å². The zero-order chi connectivity index (χ0) is 12.2. The maximum atomic E-state index is 11.4. The third-order valence-electron chi connectivity index (χ3n) is 3.53. The van der Waals surface area contributed by atoms with Crippen molar-refractivity contribution >= 4 is 21.6 Å². The smallest absolute Gasteiger partial charge is 0.150 e. The van der Waals surface area contributed by atoms with Crippen molar-refractivity contribution in [3.63, 3.8) is 0 Å². The van der Waals surface area contributed by atoms with Crippen molar-refractivity contribution in [1.29, 1.82) is 0 Å². The number of rotatable bonds is 6. The van der Waals surface area contributed by atoms with Gasteiger partial charge in [0.05, 0.1) is 24.7 Å². The lowest BCUT2D eigenvalue weighted by atomic mass is 9.74. The molecule has 0 aromatic carbocycles. The van der Waals surface area contributed by atoms with Gasteiger partial charge in [0.15, 0.2) is 9.84 Å². The maximum absolute atomic E-state index is 11.4. The predicted molar refractivity (Wildman–Crippen MR) is 66.4 cm³/mol. The molecular weight excluding hydrogens is 248 g/mol. The molecule has 1 unspecified atom stereocenters. The third-order valence-corrected chi connectivity index (χ3v) is 5.91. The van der Waals surface area contributed by atoms with Crippen LogP contribution in [0.4, 0.5) is 0 Å². The molecule has 0 saturated carbocycles. The monoisotopic (exact) mass is 268 g/mol. The summed E-state index contributed by atoms with van der Waals surface area (Å²) in [6, 6.07) is 0. The Labute approximate surface area is 101 Å². The Bertz CT molecular complexity index is 309. The molecular formula is C10H20O4S2. The Morgan fingerprint density at radius 1 is 1.38 bits per heavy atom. The van der Waals surface area contributed by atoms with Crippen molar-refractivity contribution in [2.75, 3.05) is 36.7 Å². The van der Waals surface area contributed by atoms with Crippen molar-refractivity contribution in [3.05, 3.63) is 0 Å². The van der Waals surface area contributed by atoms with E-state index in [4.69, 9.17) is 0 Å². The van der Waals surface area contributed by atoms with Crippen molar-refractivity contribution in [2.24, 2.45) is 11.3 Å². The highest BCUT2D eigenvalue weighted by atomic mass is 32.2. The third kappa shape index (κ3) is 3.12. The van der Waals surface area contributed by atoms with Crippen LogP contribution in [0.5, 0.6) is 0 Å². The molecule has 0 spiro atoms. The summed E-state index contributed by atoms with van der Waals surface area (Å²) in [5.74, 6) is 1.04. The predicted octanol–water partition coefficient (Wildman–Crippen LogP) is 0.145. The highest BCUT2D eigenvalue weighted by Gasteiger charge is 2.43. The van der Waals surface area contributed by atoms with Gasteiger partial charge in [0, 0.05) is 5.41 Å². The number of sulfone groups is 1. The van der Waals surface area contributed by atoms with Gasteiger partial charge >= 0.3 is 0 Å². The Morgan fingerprint density at radius 2 is 2.00 bits per heavy atom. The van der Waals surface area contributed by atoms with E-state index in [9.17, 15) is 18.6 Å². The lowest BCUT2D eigenvalue weighted by Gasteiger charge is -2.35. The van der Waals surface area contributed by atoms with Gasteiger partial charge in [0.25, 0.3) is 0 Å². The standard InChI is InChI=1S/C10H20O4S2/c1-15-4-3-10(7-11,8-12)9-2-5-16(13,14)6-9/h9,11-12H,2-8H2,1H3. The van der Waals surface area contributed by atoms with Crippen LogP contribution in [-0.2, 0) is 9.84 Å². The van der Waals surface area contributed by atoms with Gasteiger partial charge in [0.2, 0.25) is 0 Å². The van der Waals surface area contributed by atoms with E-state index in [1.807, 2.05) is 6.26 Å². The summed E-state index contributed by atoms with van der Waals surface area (Å²) in [5.41, 5.74) is -0.618. The molecule has 1 rings (SSSR count). The molecule has 0 aromatic heterocycles. The second-order valence-corrected chi connectivity index (χ2v) is 7.74. The first-order valence-electron chi connectivity index (χ1n) is 5.41. The normalized spacial score (nSPS) is 24.8. The highest BCUT2D eigenvalue weighted by molar-refractivity contribution is 7.98. The van der Waals surface area contributed by atoms with Crippen LogP contribution in [0.2, 0.25) is 0 Å². The minimum atomic E-state index is -2.95. The molecule has 0 aromatic rings. The molecule has 1 atom stereocenters. The average Bonchev–Trinajstić information content (AvgIpc) is 2.62. The molecule has 16 heavy (non-hydrogen) atoms. The summed E-state index contributed by atoms with van der Waals surface area (Å²) in [6.07, 6.45) is 3.20. The Morgan fingerprint density at radius 3 is 2.38 bits per heavy atom. The first kappa shape index (κ1) is 14.3. The van der Waals surface area contributed by atoms with Crippen LogP contribution in [0, 0.1) is 11.3 Å². The van der Waals surface area contributed by atoms with Crippen LogP contribution < -0.4 is 0 Å². The molecule has 0 radical (unpaired) electrons. The summed E-state index contributed by atoms with van der Waals surface area (Å²) in [5, 5.41) is 18.9. The minimum Gasteiger partial charge on any atom is -0.396 e. The number of thioether (sulfide) groups is 1. The number of hydrogen-bond acceptors (Lipinski definition) is 5. The van der Waals surface area contributed by atoms with E-state index in [0.717, 1.165) is 5.75 Å². The van der Waals surface area contributed by atoms with E-state index in [1.165, 1.54) is 0 Å². The van der Waals surface area contributed by atoms with E-state index in [-0.39, 0.29) is 30.6 Å². The first-order valence-corrected chi connectivity index (χ1v) is 8.62. The van der Waals surface area contributed by atoms with E-state index in [0.29, 0.717) is 12.8 Å². The fourth-order valence-electron chi connectivity index (χ4n) is 2.25. The SMILES string of the molecule is CSCCC(CO)(CO)C1CCS(=O)(=O)C1. The van der Waals surface area contributed by atoms with Gasteiger partial charge in [-0.1, -0.05) is 0 Å². The Kier molecular flexibility index (Phi) is 5.10. The van der Waals surface area contributed by atoms with Gasteiger partial charge in [-0.25, -0.2) is 8.42 Å². The molecule has 2 N–H and O–H groups in total. The molecule has 0 aliphatic carbocycles. The summed E-state index contributed by atoms with van der Waals surface area (Å²) in [7, 11) is -2.95. The summed E-state index contributed by atoms with van der Waals surface area (Å²) >= 11 is 1.65. The lowest BCUT2D eigenvalue weighted by molar-refractivity contribution is 0.0101. The molecule has 0 bridgehead atoms. The van der Waals surface area contributed by atoms with Crippen LogP contribution in [-0.4, -0.2) is 55.4 Å². The summed E-state index contributed by atoms with van der Waals surface area (Å²) in [6.45, 7) is -0.269. The van der Waals surface area contributed by atoms with Gasteiger partial charge in [-0.15, -0.1) is 0 Å². The molecule has 96 valence electrons. The molecule has 1 aliphatic rings. The van der Waals surface area contributed by atoms with E-state index in [1.54, 1.807) is 11.8 Å². The van der Waals surface area contributed by atoms with Gasteiger partial charge in [-0.05, 0) is 30.8 Å². The topological polar surface area (TPSA) is 74.6 Å². The van der Waals surface area contributed by atoms with Crippen LogP contribution in [0.25, 0.3) is 0 Å². The average molecular weight is 268 g/mol. The van der Waals surface area contributed by atoms with Crippen LogP contribution in [0.3, 0.4) is 0 Å².